The van der Waals surface area contributed by atoms with Gasteiger partial charge >= 0.3 is 10.2 Å². The Labute approximate surface area is 96.3 Å². The lowest BCUT2D eigenvalue weighted by molar-refractivity contribution is 0.415. The Bertz CT molecular complexity index is 714. The minimum absolute atomic E-state index is 0.318. The van der Waals surface area contributed by atoms with Crippen molar-refractivity contribution in [2.75, 3.05) is 7.11 Å². The van der Waals surface area contributed by atoms with Crippen molar-refractivity contribution in [3.8, 4) is 5.75 Å². The molecular weight excluding hydrogens is 246 g/mol. The lowest BCUT2D eigenvalue weighted by Crippen LogP contribution is -2.06. The molecule has 88 valence electrons. The molecule has 0 saturated heterocycles. The van der Waals surface area contributed by atoms with E-state index in [1.807, 2.05) is 0 Å². The largest absolute Gasteiger partial charge is 0.497 e. The van der Waals surface area contributed by atoms with E-state index in [1.165, 1.54) is 13.2 Å². The smallest absolute Gasteiger partial charge is 0.329 e. The molecule has 0 unspecified atom stereocenters. The van der Waals surface area contributed by atoms with E-state index in [-0.39, 0.29) is 0 Å². The predicted molar refractivity (Wildman–Crippen MR) is 59.7 cm³/mol. The third-order valence-electron chi connectivity index (χ3n) is 2.11. The molecule has 1 aromatic heterocycles. The van der Waals surface area contributed by atoms with Gasteiger partial charge in [-0.25, -0.2) is 8.96 Å². The second kappa shape index (κ2) is 3.96. The van der Waals surface area contributed by atoms with E-state index in [9.17, 15) is 8.42 Å². The van der Waals surface area contributed by atoms with E-state index >= 15 is 0 Å². The Morgan fingerprint density at radius 2 is 2.29 bits per heavy atom. The van der Waals surface area contributed by atoms with Crippen molar-refractivity contribution in [1.82, 2.24) is 8.96 Å². The summed E-state index contributed by atoms with van der Waals surface area (Å²) in [6, 6.07) is 4.69. The Balaban J connectivity index is 2.70. The van der Waals surface area contributed by atoms with Crippen molar-refractivity contribution >= 4 is 21.2 Å². The molecule has 2 aromatic rings. The molecule has 0 saturated carbocycles. The minimum Gasteiger partial charge on any atom is -0.497 e. The van der Waals surface area contributed by atoms with Crippen LogP contribution in [0.25, 0.3) is 21.5 Å². The molecule has 1 aromatic carbocycles. The van der Waals surface area contributed by atoms with Gasteiger partial charge in [-0.2, -0.15) is 8.42 Å². The van der Waals surface area contributed by atoms with Gasteiger partial charge in [-0.15, -0.1) is 0 Å². The summed E-state index contributed by atoms with van der Waals surface area (Å²) in [5.74, 6) is 0.559. The summed E-state index contributed by atoms with van der Waals surface area (Å²) in [6.45, 7) is 0. The maximum Gasteiger partial charge on any atom is 0.329 e. The second-order valence-electron chi connectivity index (χ2n) is 3.04. The Kier molecular flexibility index (Phi) is 2.62. The molecule has 0 aliphatic carbocycles. The predicted octanol–water partition coefficient (Wildman–Crippen LogP) is 1.45. The third kappa shape index (κ3) is 1.88. The van der Waals surface area contributed by atoms with E-state index in [0.29, 0.717) is 16.8 Å². The van der Waals surface area contributed by atoms with E-state index < -0.39 is 10.2 Å². The number of aromatic nitrogens is 2. The number of fused-ring (bicyclic) bond motifs is 1. The number of benzene rings is 1. The van der Waals surface area contributed by atoms with Gasteiger partial charge < -0.3 is 4.74 Å². The first-order valence-electron chi connectivity index (χ1n) is 4.41. The van der Waals surface area contributed by atoms with Gasteiger partial charge in [0.25, 0.3) is 0 Å². The SMILES string of the molecule is COc1ccc2c(c1)ncn2S(=O)(=O)N=[N+]=[N-]. The van der Waals surface area contributed by atoms with E-state index in [2.05, 4.69) is 14.4 Å². The van der Waals surface area contributed by atoms with Crippen LogP contribution in [0.15, 0.2) is 29.0 Å². The Hall–Kier alpha value is -2.25. The molecule has 0 amide bonds. The first-order valence-corrected chi connectivity index (χ1v) is 5.81. The Morgan fingerprint density at radius 3 is 2.94 bits per heavy atom. The zero-order valence-electron chi connectivity index (χ0n) is 8.68. The molecule has 9 heteroatoms. The average Bonchev–Trinajstić information content (AvgIpc) is 2.72. The summed E-state index contributed by atoms with van der Waals surface area (Å²) in [5.41, 5.74) is 8.93. The molecule has 8 nitrogen and oxygen atoms in total. The highest BCUT2D eigenvalue weighted by atomic mass is 32.2. The maximum absolute atomic E-state index is 11.5. The van der Waals surface area contributed by atoms with Crippen LogP contribution in [0.1, 0.15) is 0 Å². The zero-order chi connectivity index (χ0) is 12.5. The number of nitrogens with zero attached hydrogens (tertiary/aromatic N) is 5. The highest BCUT2D eigenvalue weighted by Gasteiger charge is 2.14. The minimum atomic E-state index is -4.09. The van der Waals surface area contributed by atoms with Gasteiger partial charge in [0.15, 0.2) is 0 Å². The van der Waals surface area contributed by atoms with Crippen LogP contribution in [0.4, 0.5) is 0 Å². The fourth-order valence-corrected chi connectivity index (χ4v) is 2.11. The van der Waals surface area contributed by atoms with E-state index in [4.69, 9.17) is 10.3 Å². The molecule has 17 heavy (non-hydrogen) atoms. The molecule has 0 bridgehead atoms. The van der Waals surface area contributed by atoms with Gasteiger partial charge in [-0.3, -0.25) is 0 Å². The first kappa shape index (κ1) is 11.2. The van der Waals surface area contributed by atoms with Crippen LogP contribution in [-0.4, -0.2) is 24.5 Å². The average molecular weight is 253 g/mol. The summed E-state index contributed by atoms with van der Waals surface area (Å²) >= 11 is 0. The van der Waals surface area contributed by atoms with Crippen molar-refractivity contribution in [3.05, 3.63) is 35.0 Å². The molecule has 0 aliphatic rings. The lowest BCUT2D eigenvalue weighted by Gasteiger charge is -2.01. The number of azide groups is 1. The first-order chi connectivity index (χ1) is 8.08. The number of hydrogen-bond acceptors (Lipinski definition) is 4. The number of rotatable bonds is 3. The fraction of sp³-hybridized carbons (Fsp3) is 0.125. The number of methoxy groups -OCH3 is 1. The second-order valence-corrected chi connectivity index (χ2v) is 4.50. The van der Waals surface area contributed by atoms with Crippen LogP contribution in [0.2, 0.25) is 0 Å². The standard InChI is InChI=1S/C8H7N5O3S/c1-16-6-2-3-8-7(4-6)10-5-13(8)17(14,15)12-11-9/h2-5H,1H3. The van der Waals surface area contributed by atoms with Crippen LogP contribution in [0.5, 0.6) is 5.75 Å². The van der Waals surface area contributed by atoms with Gasteiger partial charge in [0.2, 0.25) is 0 Å². The molecular formula is C8H7N5O3S. The van der Waals surface area contributed by atoms with Crippen LogP contribution in [0, 0.1) is 0 Å². The molecule has 0 fully saturated rings. The maximum atomic E-state index is 11.5. The fourth-order valence-electron chi connectivity index (χ4n) is 1.37. The molecule has 0 atom stereocenters. The summed E-state index contributed by atoms with van der Waals surface area (Å²) in [5, 5.41) is 0. The molecule has 0 radical (unpaired) electrons. The Morgan fingerprint density at radius 1 is 1.53 bits per heavy atom. The molecule has 2 rings (SSSR count). The third-order valence-corrected chi connectivity index (χ3v) is 3.18. The van der Waals surface area contributed by atoms with Crippen LogP contribution >= 0.6 is 0 Å². The van der Waals surface area contributed by atoms with Gasteiger partial charge in [0, 0.05) is 11.0 Å². The van der Waals surface area contributed by atoms with E-state index in [1.54, 1.807) is 12.1 Å². The van der Waals surface area contributed by atoms with Crippen molar-refractivity contribution in [3.63, 3.8) is 0 Å². The number of ether oxygens (including phenoxy) is 1. The number of imidazole rings is 1. The monoisotopic (exact) mass is 253 g/mol. The quantitative estimate of drug-likeness (QED) is 0.468. The van der Waals surface area contributed by atoms with E-state index in [0.717, 1.165) is 10.3 Å². The van der Waals surface area contributed by atoms with Gasteiger partial charge in [-0.05, 0) is 17.7 Å². The molecule has 1 heterocycles. The van der Waals surface area contributed by atoms with Crippen molar-refractivity contribution in [2.24, 2.45) is 4.52 Å². The summed E-state index contributed by atoms with van der Waals surface area (Å²) in [6.07, 6.45) is 1.08. The van der Waals surface area contributed by atoms with Crippen molar-refractivity contribution < 1.29 is 13.2 Å². The number of hydrogen-bond donors (Lipinski definition) is 0. The van der Waals surface area contributed by atoms with Crippen LogP contribution in [0.3, 0.4) is 0 Å². The highest BCUT2D eigenvalue weighted by molar-refractivity contribution is 7.88. The van der Waals surface area contributed by atoms with Crippen LogP contribution < -0.4 is 4.74 Å². The van der Waals surface area contributed by atoms with Gasteiger partial charge in [0.05, 0.1) is 22.7 Å². The molecule has 0 aliphatic heterocycles. The normalized spacial score (nSPS) is 11.1. The lowest BCUT2D eigenvalue weighted by atomic mass is 10.3. The summed E-state index contributed by atoms with van der Waals surface area (Å²) < 4.78 is 31.6. The van der Waals surface area contributed by atoms with Crippen molar-refractivity contribution in [2.45, 2.75) is 0 Å². The van der Waals surface area contributed by atoms with Gasteiger partial charge in [-0.1, -0.05) is 0 Å². The topological polar surface area (TPSA) is 110 Å². The van der Waals surface area contributed by atoms with Crippen molar-refractivity contribution in [1.29, 1.82) is 0 Å². The van der Waals surface area contributed by atoms with Crippen LogP contribution in [-0.2, 0) is 10.2 Å². The molecule has 0 N–H and O–H groups in total. The van der Waals surface area contributed by atoms with Gasteiger partial charge in [0.1, 0.15) is 12.1 Å². The molecule has 0 spiro atoms. The summed E-state index contributed by atoms with van der Waals surface area (Å²) in [7, 11) is -2.60. The highest BCUT2D eigenvalue weighted by Crippen LogP contribution is 2.21. The zero-order valence-corrected chi connectivity index (χ0v) is 9.49. The summed E-state index contributed by atoms with van der Waals surface area (Å²) in [4.78, 5) is 6.16.